The molecule has 0 radical (unpaired) electrons. The van der Waals surface area contributed by atoms with Crippen molar-refractivity contribution >= 4 is 29.8 Å². The highest BCUT2D eigenvalue weighted by atomic mass is 16.6. The number of aromatic nitrogens is 2. The Hall–Kier alpha value is -3.68. The van der Waals surface area contributed by atoms with Crippen LogP contribution < -0.4 is 16.0 Å². The number of likely N-dealkylation sites (tertiary alicyclic amines) is 1. The van der Waals surface area contributed by atoms with Gasteiger partial charge in [-0.05, 0) is 39.5 Å². The lowest BCUT2D eigenvalue weighted by Gasteiger charge is -2.31. The minimum absolute atomic E-state index is 0.0278. The lowest BCUT2D eigenvalue weighted by atomic mass is 9.97. The Morgan fingerprint density at radius 1 is 1.18 bits per heavy atom. The summed E-state index contributed by atoms with van der Waals surface area (Å²) in [5.41, 5.74) is -0.266. The van der Waals surface area contributed by atoms with Gasteiger partial charge in [-0.15, -0.1) is 0 Å². The van der Waals surface area contributed by atoms with Crippen LogP contribution in [0.4, 0.5) is 4.79 Å². The highest BCUT2D eigenvalue weighted by Gasteiger charge is 2.40. The van der Waals surface area contributed by atoms with Gasteiger partial charge in [0.1, 0.15) is 23.7 Å². The first-order valence-electron chi connectivity index (χ1n) is 13.4. The number of methoxy groups -OCH3 is 1. The standard InChI is InChI=1S/C26H42N6O8/c1-7-15(2)20(31-25(38)40-26(3,4)5)22(35)29-17(11-16-12-27-14-28-16)23(36)32-10-8-9-19(32)21(34)30-18(13-33)24(37)39-6/h12,14-15,17-20,33H,7-11,13H2,1-6H3,(H,27,28)(H,29,35)(H,30,34)(H,31,38). The zero-order chi connectivity index (χ0) is 30.0. The average molecular weight is 567 g/mol. The number of aliphatic hydroxyl groups is 1. The van der Waals surface area contributed by atoms with Crippen molar-refractivity contribution in [1.29, 1.82) is 0 Å². The van der Waals surface area contributed by atoms with Crippen molar-refractivity contribution in [1.82, 2.24) is 30.8 Å². The quantitative estimate of drug-likeness (QED) is 0.217. The number of hydrogen-bond donors (Lipinski definition) is 5. The maximum atomic E-state index is 13.8. The molecule has 2 rings (SSSR count). The van der Waals surface area contributed by atoms with Crippen LogP contribution in [0.25, 0.3) is 0 Å². The van der Waals surface area contributed by atoms with Gasteiger partial charge >= 0.3 is 12.1 Å². The summed E-state index contributed by atoms with van der Waals surface area (Å²) in [6.07, 6.45) is 3.71. The summed E-state index contributed by atoms with van der Waals surface area (Å²) in [5.74, 6) is -2.82. The number of aliphatic hydroxyl groups excluding tert-OH is 1. The van der Waals surface area contributed by atoms with Crippen LogP contribution in [0, 0.1) is 5.92 Å². The maximum Gasteiger partial charge on any atom is 0.408 e. The van der Waals surface area contributed by atoms with Gasteiger partial charge in [0.2, 0.25) is 17.7 Å². The second-order valence-corrected chi connectivity index (χ2v) is 10.8. The third kappa shape index (κ3) is 9.21. The van der Waals surface area contributed by atoms with E-state index in [0.717, 1.165) is 7.11 Å². The van der Waals surface area contributed by atoms with E-state index in [9.17, 15) is 29.1 Å². The number of amides is 4. The van der Waals surface area contributed by atoms with Crippen molar-refractivity contribution in [3.8, 4) is 0 Å². The number of rotatable bonds is 12. The Kier molecular flexibility index (Phi) is 11.9. The van der Waals surface area contributed by atoms with E-state index in [1.807, 2.05) is 6.92 Å². The molecule has 0 bridgehead atoms. The van der Waals surface area contributed by atoms with Crippen molar-refractivity contribution < 1.29 is 38.6 Å². The lowest BCUT2D eigenvalue weighted by molar-refractivity contribution is -0.148. The van der Waals surface area contributed by atoms with Crippen LogP contribution in [0.5, 0.6) is 0 Å². The zero-order valence-corrected chi connectivity index (χ0v) is 24.0. The summed E-state index contributed by atoms with van der Waals surface area (Å²) < 4.78 is 9.92. The summed E-state index contributed by atoms with van der Waals surface area (Å²) in [4.78, 5) is 72.9. The fourth-order valence-electron chi connectivity index (χ4n) is 4.30. The predicted molar refractivity (Wildman–Crippen MR) is 143 cm³/mol. The Morgan fingerprint density at radius 2 is 1.88 bits per heavy atom. The number of carbonyl (C=O) groups is 5. The fraction of sp³-hybridized carbons (Fsp3) is 0.692. The van der Waals surface area contributed by atoms with Crippen LogP contribution in [-0.2, 0) is 35.1 Å². The monoisotopic (exact) mass is 566 g/mol. The number of hydrogen-bond acceptors (Lipinski definition) is 9. The summed E-state index contributed by atoms with van der Waals surface area (Å²) in [6, 6.07) is -4.29. The molecule has 40 heavy (non-hydrogen) atoms. The molecule has 5 N–H and O–H groups in total. The molecule has 1 aromatic heterocycles. The molecule has 14 heteroatoms. The number of carbonyl (C=O) groups excluding carboxylic acids is 5. The Labute approximate surface area is 233 Å². The minimum Gasteiger partial charge on any atom is -0.467 e. The van der Waals surface area contributed by atoms with Crippen molar-refractivity contribution in [2.24, 2.45) is 5.92 Å². The Balaban J connectivity index is 2.26. The molecule has 1 aliphatic rings. The minimum atomic E-state index is -1.27. The van der Waals surface area contributed by atoms with E-state index in [0.29, 0.717) is 25.0 Å². The molecule has 4 amide bonds. The van der Waals surface area contributed by atoms with Crippen LogP contribution in [0.3, 0.4) is 0 Å². The number of nitrogens with zero attached hydrogens (tertiary/aromatic N) is 2. The zero-order valence-electron chi connectivity index (χ0n) is 24.0. The summed E-state index contributed by atoms with van der Waals surface area (Å²) in [6.45, 7) is 8.37. The van der Waals surface area contributed by atoms with Gasteiger partial charge in [-0.25, -0.2) is 14.6 Å². The lowest BCUT2D eigenvalue weighted by Crippen LogP contribution is -2.59. The summed E-state index contributed by atoms with van der Waals surface area (Å²) >= 11 is 0. The van der Waals surface area contributed by atoms with Gasteiger partial charge in [-0.2, -0.15) is 0 Å². The van der Waals surface area contributed by atoms with Gasteiger partial charge < -0.3 is 40.4 Å². The molecule has 0 aromatic carbocycles. The topological polar surface area (TPSA) is 192 Å². The molecule has 0 spiro atoms. The second-order valence-electron chi connectivity index (χ2n) is 10.8. The fourth-order valence-corrected chi connectivity index (χ4v) is 4.30. The van der Waals surface area contributed by atoms with Crippen LogP contribution in [0.1, 0.15) is 59.6 Å². The van der Waals surface area contributed by atoms with Crippen LogP contribution in [0.2, 0.25) is 0 Å². The highest BCUT2D eigenvalue weighted by molar-refractivity contribution is 5.95. The molecule has 1 fully saturated rings. The number of nitrogens with one attached hydrogen (secondary N) is 4. The van der Waals surface area contributed by atoms with E-state index < -0.39 is 66.2 Å². The van der Waals surface area contributed by atoms with Gasteiger partial charge in [0.15, 0.2) is 6.04 Å². The Morgan fingerprint density at radius 3 is 2.42 bits per heavy atom. The Bertz CT molecular complexity index is 1020. The molecule has 224 valence electrons. The van der Waals surface area contributed by atoms with Gasteiger partial charge in [0.05, 0.1) is 25.7 Å². The van der Waals surface area contributed by atoms with E-state index in [-0.39, 0.29) is 18.9 Å². The number of esters is 1. The maximum absolute atomic E-state index is 13.8. The van der Waals surface area contributed by atoms with E-state index >= 15 is 0 Å². The van der Waals surface area contributed by atoms with E-state index in [4.69, 9.17) is 4.74 Å². The second kappa shape index (κ2) is 14.6. The first kappa shape index (κ1) is 32.5. The molecule has 2 heterocycles. The van der Waals surface area contributed by atoms with E-state index in [1.165, 1.54) is 11.2 Å². The first-order chi connectivity index (χ1) is 18.8. The molecule has 14 nitrogen and oxygen atoms in total. The SMILES string of the molecule is CCC(C)C(NC(=O)OC(C)(C)C)C(=O)NC(Cc1c[nH]cn1)C(=O)N1CCCC1C(=O)NC(CO)C(=O)OC. The average Bonchev–Trinajstić information content (AvgIpc) is 3.60. The van der Waals surface area contributed by atoms with Crippen molar-refractivity contribution in [2.75, 3.05) is 20.3 Å². The molecule has 1 aliphatic heterocycles. The molecular weight excluding hydrogens is 524 g/mol. The van der Waals surface area contributed by atoms with Gasteiger partial charge in [-0.3, -0.25) is 14.4 Å². The van der Waals surface area contributed by atoms with Gasteiger partial charge in [-0.1, -0.05) is 20.3 Å². The largest absolute Gasteiger partial charge is 0.467 e. The molecule has 1 saturated heterocycles. The first-order valence-corrected chi connectivity index (χ1v) is 13.4. The third-order valence-electron chi connectivity index (χ3n) is 6.57. The van der Waals surface area contributed by atoms with Crippen LogP contribution >= 0.6 is 0 Å². The number of aromatic amines is 1. The molecular formula is C26H42N6O8. The number of alkyl carbamates (subject to hydrolysis) is 1. The smallest absolute Gasteiger partial charge is 0.408 e. The van der Waals surface area contributed by atoms with Crippen LogP contribution in [0.15, 0.2) is 12.5 Å². The van der Waals surface area contributed by atoms with Crippen molar-refractivity contribution in [2.45, 2.75) is 90.1 Å². The molecule has 1 aromatic rings. The number of ether oxygens (including phenoxy) is 2. The normalized spacial score (nSPS) is 18.2. The molecule has 0 saturated carbocycles. The molecule has 0 aliphatic carbocycles. The van der Waals surface area contributed by atoms with Crippen LogP contribution in [-0.4, -0.2) is 99.8 Å². The number of H-pyrrole nitrogens is 1. The van der Waals surface area contributed by atoms with Gasteiger partial charge in [0, 0.05) is 19.2 Å². The van der Waals surface area contributed by atoms with E-state index in [2.05, 4.69) is 30.7 Å². The van der Waals surface area contributed by atoms with E-state index in [1.54, 1.807) is 33.9 Å². The van der Waals surface area contributed by atoms with Gasteiger partial charge in [0.25, 0.3) is 0 Å². The molecule has 5 atom stereocenters. The number of imidazole rings is 1. The summed E-state index contributed by atoms with van der Waals surface area (Å²) in [7, 11) is 1.13. The van der Waals surface area contributed by atoms with Crippen molar-refractivity contribution in [3.63, 3.8) is 0 Å². The third-order valence-corrected chi connectivity index (χ3v) is 6.57. The molecule has 5 unspecified atom stereocenters. The van der Waals surface area contributed by atoms with Crippen molar-refractivity contribution in [3.05, 3.63) is 18.2 Å². The predicted octanol–water partition coefficient (Wildman–Crippen LogP) is 0.0175. The highest BCUT2D eigenvalue weighted by Crippen LogP contribution is 2.20. The summed E-state index contributed by atoms with van der Waals surface area (Å²) in [5, 5.41) is 17.3.